The minimum absolute atomic E-state index is 0.200. The summed E-state index contributed by atoms with van der Waals surface area (Å²) in [6, 6.07) is 2.34. The quantitative estimate of drug-likeness (QED) is 0.768. The highest BCUT2D eigenvalue weighted by atomic mass is 16.5. The van der Waals surface area contributed by atoms with Crippen LogP contribution in [0.3, 0.4) is 0 Å². The summed E-state index contributed by atoms with van der Waals surface area (Å²) in [4.78, 5) is 12.6. The molecule has 0 saturated heterocycles. The average Bonchev–Trinajstić information content (AvgIpc) is 3.08. The van der Waals surface area contributed by atoms with Crippen LogP contribution in [0.15, 0.2) is 12.3 Å². The summed E-state index contributed by atoms with van der Waals surface area (Å²) in [5.74, 6) is 0.200. The summed E-state index contributed by atoms with van der Waals surface area (Å²) in [5.41, 5.74) is 0.329. The smallest absolute Gasteiger partial charge is 0.170 e. The lowest BCUT2D eigenvalue weighted by atomic mass is 9.93. The predicted octanol–water partition coefficient (Wildman–Crippen LogP) is 3.32. The second-order valence-electron chi connectivity index (χ2n) is 5.78. The first-order valence-electron chi connectivity index (χ1n) is 7.82. The van der Waals surface area contributed by atoms with Crippen molar-refractivity contribution >= 4 is 5.78 Å². The third kappa shape index (κ3) is 3.11. The number of ether oxygens (including phenoxy) is 1. The van der Waals surface area contributed by atoms with Crippen LogP contribution in [0, 0.1) is 0 Å². The van der Waals surface area contributed by atoms with E-state index in [9.17, 15) is 4.79 Å². The van der Waals surface area contributed by atoms with Crippen LogP contribution in [-0.4, -0.2) is 27.8 Å². The molecule has 1 fully saturated rings. The molecule has 1 atom stereocenters. The normalized spacial score (nSPS) is 19.1. The number of hydrogen-bond acceptors (Lipinski definition) is 3. The Hall–Kier alpha value is -1.16. The van der Waals surface area contributed by atoms with E-state index in [1.54, 1.807) is 0 Å². The van der Waals surface area contributed by atoms with Gasteiger partial charge < -0.3 is 4.74 Å². The number of hydrogen-bond donors (Lipinski definition) is 0. The maximum atomic E-state index is 12.6. The number of carbonyl (C=O) groups is 1. The van der Waals surface area contributed by atoms with E-state index in [-0.39, 0.29) is 5.78 Å². The number of carbonyl (C=O) groups excluding carboxylic acids is 1. The highest BCUT2D eigenvalue weighted by Gasteiger charge is 2.41. The zero-order valence-electron chi connectivity index (χ0n) is 12.9. The van der Waals surface area contributed by atoms with E-state index in [1.807, 2.05) is 23.9 Å². The van der Waals surface area contributed by atoms with E-state index >= 15 is 0 Å². The Labute approximate surface area is 121 Å². The van der Waals surface area contributed by atoms with Gasteiger partial charge in [0.2, 0.25) is 0 Å². The van der Waals surface area contributed by atoms with E-state index in [0.29, 0.717) is 19.1 Å². The van der Waals surface area contributed by atoms with Gasteiger partial charge in [-0.2, -0.15) is 5.10 Å². The maximum absolute atomic E-state index is 12.6. The molecule has 1 aromatic rings. The zero-order chi connectivity index (χ0) is 14.6. The Morgan fingerprint density at radius 3 is 2.75 bits per heavy atom. The molecule has 0 aliphatic heterocycles. The number of aromatic nitrogens is 2. The second kappa shape index (κ2) is 6.53. The molecule has 0 spiro atoms. The van der Waals surface area contributed by atoms with Crippen molar-refractivity contribution in [2.45, 2.75) is 70.9 Å². The van der Waals surface area contributed by atoms with Gasteiger partial charge in [0.25, 0.3) is 0 Å². The Kier molecular flexibility index (Phi) is 4.97. The SMILES string of the molecule is CCOC1(C(=O)Cc2ccn(C(C)CC)n2)CCCC1. The Morgan fingerprint density at radius 2 is 2.15 bits per heavy atom. The van der Waals surface area contributed by atoms with E-state index < -0.39 is 5.60 Å². The van der Waals surface area contributed by atoms with Gasteiger partial charge in [0.1, 0.15) is 5.60 Å². The standard InChI is InChI=1S/C16H26N2O2/c1-4-13(3)18-11-8-14(17-18)12-15(19)16(20-5-2)9-6-7-10-16/h8,11,13H,4-7,9-10,12H2,1-3H3. The molecular formula is C16H26N2O2. The molecule has 1 unspecified atom stereocenters. The molecule has 20 heavy (non-hydrogen) atoms. The van der Waals surface area contributed by atoms with Gasteiger partial charge in [-0.05, 0) is 52.0 Å². The summed E-state index contributed by atoms with van der Waals surface area (Å²) in [6.45, 7) is 6.84. The molecule has 1 aliphatic rings. The van der Waals surface area contributed by atoms with Crippen molar-refractivity contribution in [3.8, 4) is 0 Å². The summed E-state index contributed by atoms with van der Waals surface area (Å²) < 4.78 is 7.76. The van der Waals surface area contributed by atoms with Crippen LogP contribution in [0.1, 0.15) is 64.6 Å². The van der Waals surface area contributed by atoms with E-state index in [4.69, 9.17) is 4.74 Å². The van der Waals surface area contributed by atoms with Gasteiger partial charge in [-0.25, -0.2) is 0 Å². The topological polar surface area (TPSA) is 44.1 Å². The molecule has 112 valence electrons. The minimum Gasteiger partial charge on any atom is -0.367 e. The van der Waals surface area contributed by atoms with Crippen molar-refractivity contribution in [2.24, 2.45) is 0 Å². The van der Waals surface area contributed by atoms with Gasteiger partial charge >= 0.3 is 0 Å². The van der Waals surface area contributed by atoms with Crippen LogP contribution >= 0.6 is 0 Å². The maximum Gasteiger partial charge on any atom is 0.170 e. The summed E-state index contributed by atoms with van der Waals surface area (Å²) in [6.07, 6.45) is 7.32. The number of Topliss-reactive ketones (excluding diaryl/α,β-unsaturated/α-hetero) is 1. The summed E-state index contributed by atoms with van der Waals surface area (Å²) in [5, 5.41) is 4.52. The summed E-state index contributed by atoms with van der Waals surface area (Å²) in [7, 11) is 0. The molecule has 4 nitrogen and oxygen atoms in total. The first-order valence-corrected chi connectivity index (χ1v) is 7.82. The number of rotatable bonds is 7. The van der Waals surface area contributed by atoms with Crippen molar-refractivity contribution < 1.29 is 9.53 Å². The van der Waals surface area contributed by atoms with Gasteiger partial charge in [0.15, 0.2) is 5.78 Å². The third-order valence-corrected chi connectivity index (χ3v) is 4.39. The molecule has 0 bridgehead atoms. The van der Waals surface area contributed by atoms with Crippen LogP contribution in [-0.2, 0) is 16.0 Å². The molecule has 0 radical (unpaired) electrons. The lowest BCUT2D eigenvalue weighted by molar-refractivity contribution is -0.142. The lowest BCUT2D eigenvalue weighted by Gasteiger charge is -2.27. The van der Waals surface area contributed by atoms with Crippen LogP contribution in [0.5, 0.6) is 0 Å². The van der Waals surface area contributed by atoms with Crippen molar-refractivity contribution in [3.63, 3.8) is 0 Å². The van der Waals surface area contributed by atoms with Gasteiger partial charge in [0.05, 0.1) is 12.1 Å². The lowest BCUT2D eigenvalue weighted by Crippen LogP contribution is -2.40. The van der Waals surface area contributed by atoms with Gasteiger partial charge in [0, 0.05) is 18.8 Å². The van der Waals surface area contributed by atoms with Crippen molar-refractivity contribution in [3.05, 3.63) is 18.0 Å². The predicted molar refractivity (Wildman–Crippen MR) is 78.8 cm³/mol. The molecule has 0 amide bonds. The van der Waals surface area contributed by atoms with Crippen molar-refractivity contribution in [2.75, 3.05) is 6.61 Å². The van der Waals surface area contributed by atoms with Crippen LogP contribution in [0.25, 0.3) is 0 Å². The minimum atomic E-state index is -0.533. The Bertz CT molecular complexity index is 447. The number of nitrogens with zero attached hydrogens (tertiary/aromatic N) is 2. The average molecular weight is 278 g/mol. The van der Waals surface area contributed by atoms with Crippen LogP contribution in [0.4, 0.5) is 0 Å². The molecule has 1 saturated carbocycles. The highest BCUT2D eigenvalue weighted by molar-refractivity contribution is 5.89. The Balaban J connectivity index is 2.04. The largest absolute Gasteiger partial charge is 0.367 e. The monoisotopic (exact) mass is 278 g/mol. The third-order valence-electron chi connectivity index (χ3n) is 4.39. The van der Waals surface area contributed by atoms with Gasteiger partial charge in [-0.3, -0.25) is 9.48 Å². The van der Waals surface area contributed by atoms with Gasteiger partial charge in [-0.1, -0.05) is 6.92 Å². The van der Waals surface area contributed by atoms with Crippen molar-refractivity contribution in [1.29, 1.82) is 0 Å². The van der Waals surface area contributed by atoms with E-state index in [2.05, 4.69) is 18.9 Å². The van der Waals surface area contributed by atoms with E-state index in [1.165, 1.54) is 0 Å². The first kappa shape index (κ1) is 15.2. The molecule has 1 heterocycles. The fourth-order valence-corrected chi connectivity index (χ4v) is 2.96. The highest BCUT2D eigenvalue weighted by Crippen LogP contribution is 2.34. The van der Waals surface area contributed by atoms with Crippen molar-refractivity contribution in [1.82, 2.24) is 9.78 Å². The zero-order valence-corrected chi connectivity index (χ0v) is 12.9. The van der Waals surface area contributed by atoms with Gasteiger partial charge in [-0.15, -0.1) is 0 Å². The first-order chi connectivity index (χ1) is 9.61. The van der Waals surface area contributed by atoms with Crippen LogP contribution in [0.2, 0.25) is 0 Å². The fourth-order valence-electron chi connectivity index (χ4n) is 2.96. The number of ketones is 1. The molecule has 1 aliphatic carbocycles. The fraction of sp³-hybridized carbons (Fsp3) is 0.750. The van der Waals surface area contributed by atoms with Crippen LogP contribution < -0.4 is 0 Å². The molecule has 1 aromatic heterocycles. The van der Waals surface area contributed by atoms with E-state index in [0.717, 1.165) is 37.8 Å². The molecule has 0 aromatic carbocycles. The molecule has 2 rings (SSSR count). The Morgan fingerprint density at radius 1 is 1.45 bits per heavy atom. The molecule has 0 N–H and O–H groups in total. The second-order valence-corrected chi connectivity index (χ2v) is 5.78. The summed E-state index contributed by atoms with van der Waals surface area (Å²) >= 11 is 0. The molecule has 4 heteroatoms. The molecular weight excluding hydrogens is 252 g/mol.